The van der Waals surface area contributed by atoms with Crippen molar-refractivity contribution in [3.05, 3.63) is 24.3 Å². The number of hydrogen-bond donors (Lipinski definition) is 1. The number of benzene rings is 1. The first-order valence-corrected chi connectivity index (χ1v) is 9.05. The maximum absolute atomic E-state index is 12.6. The van der Waals surface area contributed by atoms with Crippen LogP contribution in [0.15, 0.2) is 29.2 Å². The third-order valence-corrected chi connectivity index (χ3v) is 5.53. The maximum atomic E-state index is 12.6. The molecule has 0 spiro atoms. The summed E-state index contributed by atoms with van der Waals surface area (Å²) in [4.78, 5) is 0.350. The number of anilines is 1. The molecule has 0 aliphatic heterocycles. The molecule has 0 aliphatic carbocycles. The Balaban J connectivity index is 2.86. The molecular weight excluding hydrogens is 284 g/mol. The normalized spacial score (nSPS) is 13.7. The van der Waals surface area contributed by atoms with Gasteiger partial charge in [0.2, 0.25) is 10.0 Å². The second kappa shape index (κ2) is 7.80. The molecule has 1 aromatic carbocycles. The molecule has 1 N–H and O–H groups in total. The van der Waals surface area contributed by atoms with Crippen LogP contribution < -0.4 is 5.32 Å². The van der Waals surface area contributed by atoms with Gasteiger partial charge in [-0.15, -0.1) is 0 Å². The minimum Gasteiger partial charge on any atom is -0.385 e. The van der Waals surface area contributed by atoms with Crippen LogP contribution in [0.3, 0.4) is 0 Å². The maximum Gasteiger partial charge on any atom is 0.243 e. The van der Waals surface area contributed by atoms with Gasteiger partial charge in [-0.2, -0.15) is 4.31 Å². The first-order valence-electron chi connectivity index (χ1n) is 7.61. The lowest BCUT2D eigenvalue weighted by atomic mass is 10.1. The molecule has 0 bridgehead atoms. The van der Waals surface area contributed by atoms with E-state index in [4.69, 9.17) is 0 Å². The highest BCUT2D eigenvalue weighted by molar-refractivity contribution is 7.89. The molecule has 1 aromatic rings. The van der Waals surface area contributed by atoms with Gasteiger partial charge < -0.3 is 5.32 Å². The predicted octanol–water partition coefficient (Wildman–Crippen LogP) is 3.56. The summed E-state index contributed by atoms with van der Waals surface area (Å²) in [7, 11) is -1.76. The highest BCUT2D eigenvalue weighted by atomic mass is 32.2. The summed E-state index contributed by atoms with van der Waals surface area (Å²) in [5.74, 6) is 0.471. The fraction of sp³-hybridized carbons (Fsp3) is 0.625. The molecule has 5 heteroatoms. The summed E-state index contributed by atoms with van der Waals surface area (Å²) in [5, 5.41) is 3.24. The lowest BCUT2D eigenvalue weighted by molar-refractivity contribution is 0.338. The standard InChI is InChI=1S/C16H28N2O2S/c1-6-11-17-15-7-9-16(10-8-15)21(19,20)18(5)14(4)12-13(2)3/h7-10,13-14,17H,6,11-12H2,1-5H3. The van der Waals surface area contributed by atoms with E-state index < -0.39 is 10.0 Å². The van der Waals surface area contributed by atoms with Gasteiger partial charge in [0.15, 0.2) is 0 Å². The Morgan fingerprint density at radius 3 is 2.19 bits per heavy atom. The molecule has 4 nitrogen and oxygen atoms in total. The van der Waals surface area contributed by atoms with Gasteiger partial charge in [0.05, 0.1) is 4.90 Å². The Kier molecular flexibility index (Phi) is 6.68. The summed E-state index contributed by atoms with van der Waals surface area (Å²) in [6, 6.07) is 6.98. The van der Waals surface area contributed by atoms with Crippen molar-refractivity contribution in [3.63, 3.8) is 0 Å². The van der Waals surface area contributed by atoms with Crippen LogP contribution in [0.25, 0.3) is 0 Å². The average molecular weight is 312 g/mol. The van der Waals surface area contributed by atoms with E-state index in [0.29, 0.717) is 10.8 Å². The van der Waals surface area contributed by atoms with Crippen LogP contribution in [0.2, 0.25) is 0 Å². The first-order chi connectivity index (χ1) is 9.78. The molecule has 1 atom stereocenters. The van der Waals surface area contributed by atoms with Crippen molar-refractivity contribution in [2.24, 2.45) is 5.92 Å². The minimum absolute atomic E-state index is 0.00658. The Labute approximate surface area is 129 Å². The van der Waals surface area contributed by atoms with E-state index in [1.54, 1.807) is 19.2 Å². The van der Waals surface area contributed by atoms with E-state index in [1.165, 1.54) is 4.31 Å². The van der Waals surface area contributed by atoms with E-state index in [2.05, 4.69) is 26.1 Å². The molecule has 1 rings (SSSR count). The fourth-order valence-electron chi connectivity index (χ4n) is 2.25. The van der Waals surface area contributed by atoms with Crippen molar-refractivity contribution in [3.8, 4) is 0 Å². The summed E-state index contributed by atoms with van der Waals surface area (Å²) in [5.41, 5.74) is 0.952. The lowest BCUT2D eigenvalue weighted by Crippen LogP contribution is -2.35. The topological polar surface area (TPSA) is 49.4 Å². The zero-order chi connectivity index (χ0) is 16.0. The van der Waals surface area contributed by atoms with Crippen molar-refractivity contribution in [2.45, 2.75) is 51.5 Å². The van der Waals surface area contributed by atoms with Crippen LogP contribution in [0.5, 0.6) is 0 Å². The number of sulfonamides is 1. The van der Waals surface area contributed by atoms with E-state index in [9.17, 15) is 8.42 Å². The molecular formula is C16H28N2O2S. The Morgan fingerprint density at radius 1 is 1.14 bits per heavy atom. The number of nitrogens with zero attached hydrogens (tertiary/aromatic N) is 1. The van der Waals surface area contributed by atoms with Gasteiger partial charge in [-0.25, -0.2) is 8.42 Å². The van der Waals surface area contributed by atoms with Crippen LogP contribution in [0, 0.1) is 5.92 Å². The first kappa shape index (κ1) is 18.0. The number of nitrogens with one attached hydrogen (secondary N) is 1. The molecule has 0 aliphatic rings. The Bertz CT molecular complexity index is 524. The van der Waals surface area contributed by atoms with Crippen LogP contribution in [0.1, 0.15) is 40.5 Å². The average Bonchev–Trinajstić information content (AvgIpc) is 2.43. The molecule has 0 saturated carbocycles. The molecule has 0 amide bonds. The predicted molar refractivity (Wildman–Crippen MR) is 89.1 cm³/mol. The van der Waals surface area contributed by atoms with Crippen molar-refractivity contribution in [1.29, 1.82) is 0 Å². The summed E-state index contributed by atoms with van der Waals surface area (Å²) in [6.07, 6.45) is 1.89. The summed E-state index contributed by atoms with van der Waals surface area (Å²) < 4.78 is 26.6. The molecule has 120 valence electrons. The molecule has 0 aromatic heterocycles. The minimum atomic E-state index is -3.42. The third-order valence-electron chi connectivity index (χ3n) is 3.54. The zero-order valence-corrected chi connectivity index (χ0v) is 14.6. The second-order valence-electron chi connectivity index (χ2n) is 5.95. The van der Waals surface area contributed by atoms with Crippen molar-refractivity contribution in [1.82, 2.24) is 4.31 Å². The smallest absolute Gasteiger partial charge is 0.243 e. The molecule has 0 saturated heterocycles. The van der Waals surface area contributed by atoms with Gasteiger partial charge >= 0.3 is 0 Å². The molecule has 21 heavy (non-hydrogen) atoms. The lowest BCUT2D eigenvalue weighted by Gasteiger charge is -2.25. The van der Waals surface area contributed by atoms with E-state index in [1.807, 2.05) is 19.1 Å². The monoisotopic (exact) mass is 312 g/mol. The van der Waals surface area contributed by atoms with Crippen LogP contribution in [-0.2, 0) is 10.0 Å². The SMILES string of the molecule is CCCNc1ccc(S(=O)(=O)N(C)C(C)CC(C)C)cc1. The molecule has 0 heterocycles. The van der Waals surface area contributed by atoms with Gasteiger partial charge in [0.25, 0.3) is 0 Å². The fourth-order valence-corrected chi connectivity index (χ4v) is 3.62. The molecule has 0 fully saturated rings. The van der Waals surface area contributed by atoms with Crippen LogP contribution >= 0.6 is 0 Å². The van der Waals surface area contributed by atoms with Gasteiger partial charge in [-0.05, 0) is 49.9 Å². The van der Waals surface area contributed by atoms with Gasteiger partial charge in [-0.3, -0.25) is 0 Å². The Morgan fingerprint density at radius 2 is 1.71 bits per heavy atom. The summed E-state index contributed by atoms with van der Waals surface area (Å²) >= 11 is 0. The van der Waals surface area contributed by atoms with Crippen LogP contribution in [-0.4, -0.2) is 32.4 Å². The third kappa shape index (κ3) is 5.00. The van der Waals surface area contributed by atoms with Crippen LogP contribution in [0.4, 0.5) is 5.69 Å². The highest BCUT2D eigenvalue weighted by Gasteiger charge is 2.25. The second-order valence-corrected chi connectivity index (χ2v) is 7.95. The zero-order valence-electron chi connectivity index (χ0n) is 13.8. The largest absolute Gasteiger partial charge is 0.385 e. The van der Waals surface area contributed by atoms with Crippen molar-refractivity contribution < 1.29 is 8.42 Å². The number of hydrogen-bond acceptors (Lipinski definition) is 3. The van der Waals surface area contributed by atoms with Gasteiger partial charge in [0.1, 0.15) is 0 Å². The van der Waals surface area contributed by atoms with E-state index in [0.717, 1.165) is 25.1 Å². The van der Waals surface area contributed by atoms with Gasteiger partial charge in [0, 0.05) is 25.3 Å². The van der Waals surface area contributed by atoms with E-state index in [-0.39, 0.29) is 6.04 Å². The van der Waals surface area contributed by atoms with Crippen molar-refractivity contribution >= 4 is 15.7 Å². The molecule has 0 radical (unpaired) electrons. The quantitative estimate of drug-likeness (QED) is 0.798. The van der Waals surface area contributed by atoms with Gasteiger partial charge in [-0.1, -0.05) is 20.8 Å². The summed E-state index contributed by atoms with van der Waals surface area (Å²) in [6.45, 7) is 9.14. The van der Waals surface area contributed by atoms with Crippen molar-refractivity contribution in [2.75, 3.05) is 18.9 Å². The number of rotatable bonds is 8. The van der Waals surface area contributed by atoms with E-state index >= 15 is 0 Å². The Hall–Kier alpha value is -1.07. The highest BCUT2D eigenvalue weighted by Crippen LogP contribution is 2.21. The molecule has 1 unspecified atom stereocenters.